The van der Waals surface area contributed by atoms with Crippen molar-refractivity contribution in [2.75, 3.05) is 0 Å². The molecule has 0 atom stereocenters. The molecule has 0 bridgehead atoms. The van der Waals surface area contributed by atoms with E-state index in [1.807, 2.05) is 30.3 Å². The lowest BCUT2D eigenvalue weighted by Crippen LogP contribution is -2.26. The van der Waals surface area contributed by atoms with Gasteiger partial charge in [0.05, 0.1) is 17.0 Å². The maximum Gasteiger partial charge on any atom is 0.167 e. The second-order valence-electron chi connectivity index (χ2n) is 6.95. The van der Waals surface area contributed by atoms with Crippen LogP contribution in [0.3, 0.4) is 0 Å². The van der Waals surface area contributed by atoms with E-state index in [0.717, 1.165) is 28.9 Å². The van der Waals surface area contributed by atoms with Crippen LogP contribution in [-0.4, -0.2) is 25.5 Å². The van der Waals surface area contributed by atoms with Crippen LogP contribution in [0, 0.1) is 5.41 Å². The van der Waals surface area contributed by atoms with E-state index in [4.69, 9.17) is 5.10 Å². The van der Waals surface area contributed by atoms with E-state index in [2.05, 4.69) is 23.8 Å². The number of carbonyl (C=O) groups is 1. The third-order valence-corrected chi connectivity index (χ3v) is 4.34. The number of rotatable bonds is 2. The van der Waals surface area contributed by atoms with Gasteiger partial charge in [0.1, 0.15) is 0 Å². The lowest BCUT2D eigenvalue weighted by molar-refractivity contribution is 0.0912. The average Bonchev–Trinajstić information content (AvgIpc) is 2.94. The van der Waals surface area contributed by atoms with Gasteiger partial charge in [-0.3, -0.25) is 9.78 Å². The van der Waals surface area contributed by atoms with Gasteiger partial charge in [0.2, 0.25) is 0 Å². The minimum absolute atomic E-state index is 0.0666. The fourth-order valence-corrected chi connectivity index (χ4v) is 3.34. The van der Waals surface area contributed by atoms with Crippen molar-refractivity contribution < 1.29 is 4.79 Å². The smallest absolute Gasteiger partial charge is 0.167 e. The zero-order valence-electron chi connectivity index (χ0n) is 13.7. The van der Waals surface area contributed by atoms with Crippen molar-refractivity contribution in [2.45, 2.75) is 26.7 Å². The summed E-state index contributed by atoms with van der Waals surface area (Å²) in [6, 6.07) is 9.50. The van der Waals surface area contributed by atoms with Crippen LogP contribution in [-0.2, 0) is 6.42 Å². The van der Waals surface area contributed by atoms with Gasteiger partial charge >= 0.3 is 0 Å². The van der Waals surface area contributed by atoms with Crippen molar-refractivity contribution in [1.29, 1.82) is 0 Å². The van der Waals surface area contributed by atoms with E-state index in [1.165, 1.54) is 0 Å². The molecule has 120 valence electrons. The predicted molar refractivity (Wildman–Crippen MR) is 91.0 cm³/mol. The van der Waals surface area contributed by atoms with Crippen LogP contribution >= 0.6 is 0 Å². The number of carbonyl (C=O) groups excluding carboxylic acids is 1. The maximum atomic E-state index is 12.9. The molecule has 0 N–H and O–H groups in total. The Labute approximate surface area is 140 Å². The molecule has 0 radical (unpaired) electrons. The van der Waals surface area contributed by atoms with Gasteiger partial charge in [-0.1, -0.05) is 19.9 Å². The summed E-state index contributed by atoms with van der Waals surface area (Å²) >= 11 is 0. The van der Waals surface area contributed by atoms with E-state index < -0.39 is 0 Å². The zero-order valence-corrected chi connectivity index (χ0v) is 13.7. The Balaban J connectivity index is 2.00. The van der Waals surface area contributed by atoms with Crippen molar-refractivity contribution in [3.05, 3.63) is 60.2 Å². The number of nitrogens with zero attached hydrogens (tertiary/aromatic N) is 4. The summed E-state index contributed by atoms with van der Waals surface area (Å²) in [5, 5.41) is 4.76. The maximum absolute atomic E-state index is 12.9. The van der Waals surface area contributed by atoms with E-state index in [0.29, 0.717) is 12.2 Å². The monoisotopic (exact) mass is 318 g/mol. The Bertz CT molecular complexity index is 898. The summed E-state index contributed by atoms with van der Waals surface area (Å²) in [6.45, 7) is 4.22. The molecule has 0 fully saturated rings. The van der Waals surface area contributed by atoms with E-state index in [9.17, 15) is 4.79 Å². The molecule has 3 aromatic heterocycles. The summed E-state index contributed by atoms with van der Waals surface area (Å²) in [4.78, 5) is 21.3. The lowest BCUT2D eigenvalue weighted by Gasteiger charge is -2.27. The topological polar surface area (TPSA) is 60.7 Å². The molecular formula is C19H18N4O. The van der Waals surface area contributed by atoms with Crippen molar-refractivity contribution in [1.82, 2.24) is 19.7 Å². The van der Waals surface area contributed by atoms with Crippen molar-refractivity contribution in [3.63, 3.8) is 0 Å². The molecule has 0 saturated heterocycles. The van der Waals surface area contributed by atoms with Crippen LogP contribution in [0.2, 0.25) is 0 Å². The number of fused-ring (bicyclic) bond motifs is 1. The summed E-state index contributed by atoms with van der Waals surface area (Å²) in [6.07, 6.45) is 6.51. The Morgan fingerprint density at radius 2 is 1.83 bits per heavy atom. The SMILES string of the molecule is CC1(C)CC(=O)c2c(nn(-c3ccccn3)c2-c2ccncc2)C1. The summed E-state index contributed by atoms with van der Waals surface area (Å²) in [7, 11) is 0. The first kappa shape index (κ1) is 14.8. The fraction of sp³-hybridized carbons (Fsp3) is 0.263. The predicted octanol–water partition coefficient (Wildman–Crippen LogP) is 3.48. The van der Waals surface area contributed by atoms with E-state index in [-0.39, 0.29) is 11.2 Å². The molecule has 24 heavy (non-hydrogen) atoms. The fourth-order valence-electron chi connectivity index (χ4n) is 3.34. The van der Waals surface area contributed by atoms with E-state index in [1.54, 1.807) is 23.3 Å². The number of Topliss-reactive ketones (excluding diaryl/α,β-unsaturated/α-hetero) is 1. The first-order valence-corrected chi connectivity index (χ1v) is 8.02. The molecule has 0 amide bonds. The van der Waals surface area contributed by atoms with Gasteiger partial charge < -0.3 is 0 Å². The van der Waals surface area contributed by atoms with Gasteiger partial charge in [-0.15, -0.1) is 0 Å². The first-order chi connectivity index (χ1) is 11.6. The second-order valence-corrected chi connectivity index (χ2v) is 6.95. The summed E-state index contributed by atoms with van der Waals surface area (Å²) < 4.78 is 1.79. The minimum Gasteiger partial charge on any atom is -0.294 e. The molecule has 0 saturated carbocycles. The number of ketones is 1. The number of aromatic nitrogens is 4. The van der Waals surface area contributed by atoms with Crippen LogP contribution in [0.4, 0.5) is 0 Å². The molecule has 1 aliphatic rings. The van der Waals surface area contributed by atoms with Gasteiger partial charge in [-0.05, 0) is 36.1 Å². The highest BCUT2D eigenvalue weighted by Gasteiger charge is 2.36. The van der Waals surface area contributed by atoms with Gasteiger partial charge in [0.25, 0.3) is 0 Å². The van der Waals surface area contributed by atoms with Crippen LogP contribution in [0.5, 0.6) is 0 Å². The van der Waals surface area contributed by atoms with Crippen molar-refractivity contribution in [3.8, 4) is 17.1 Å². The van der Waals surface area contributed by atoms with Gasteiger partial charge in [0.15, 0.2) is 11.6 Å². The molecule has 3 aromatic rings. The molecule has 0 spiro atoms. The third kappa shape index (κ3) is 2.42. The van der Waals surface area contributed by atoms with Crippen LogP contribution in [0.1, 0.15) is 36.3 Å². The summed E-state index contributed by atoms with van der Waals surface area (Å²) in [5.41, 5.74) is 3.26. The lowest BCUT2D eigenvalue weighted by atomic mass is 9.75. The highest BCUT2D eigenvalue weighted by atomic mass is 16.1. The second kappa shape index (κ2) is 5.37. The number of hydrogen-bond acceptors (Lipinski definition) is 4. The molecule has 0 aliphatic heterocycles. The molecule has 4 rings (SSSR count). The normalized spacial score (nSPS) is 16.0. The molecular weight excluding hydrogens is 300 g/mol. The Morgan fingerprint density at radius 1 is 1.04 bits per heavy atom. The van der Waals surface area contributed by atoms with Crippen LogP contribution in [0.15, 0.2) is 48.9 Å². The highest BCUT2D eigenvalue weighted by molar-refractivity contribution is 6.04. The summed E-state index contributed by atoms with van der Waals surface area (Å²) in [5.74, 6) is 0.861. The molecule has 0 aromatic carbocycles. The van der Waals surface area contributed by atoms with Gasteiger partial charge in [-0.2, -0.15) is 5.10 Å². The standard InChI is InChI=1S/C19H18N4O/c1-19(2)11-14-17(15(24)12-19)18(13-6-9-20-10-7-13)23(22-14)16-5-3-4-8-21-16/h3-10H,11-12H2,1-2H3. The Morgan fingerprint density at radius 3 is 2.54 bits per heavy atom. The molecule has 5 heteroatoms. The number of pyridine rings is 2. The first-order valence-electron chi connectivity index (χ1n) is 8.02. The Kier molecular flexibility index (Phi) is 3.30. The zero-order chi connectivity index (χ0) is 16.7. The third-order valence-electron chi connectivity index (χ3n) is 4.34. The van der Waals surface area contributed by atoms with Crippen molar-refractivity contribution >= 4 is 5.78 Å². The van der Waals surface area contributed by atoms with Gasteiger partial charge in [-0.25, -0.2) is 9.67 Å². The largest absolute Gasteiger partial charge is 0.294 e. The quantitative estimate of drug-likeness (QED) is 0.726. The number of hydrogen-bond donors (Lipinski definition) is 0. The van der Waals surface area contributed by atoms with Crippen LogP contribution in [0.25, 0.3) is 17.1 Å². The molecule has 5 nitrogen and oxygen atoms in total. The average molecular weight is 318 g/mol. The highest BCUT2D eigenvalue weighted by Crippen LogP contribution is 2.39. The van der Waals surface area contributed by atoms with E-state index >= 15 is 0 Å². The molecule has 1 aliphatic carbocycles. The molecule has 3 heterocycles. The molecule has 0 unspecified atom stereocenters. The van der Waals surface area contributed by atoms with Crippen molar-refractivity contribution in [2.24, 2.45) is 5.41 Å². The minimum atomic E-state index is -0.0666. The Hall–Kier alpha value is -2.82. The van der Waals surface area contributed by atoms with Gasteiger partial charge in [0, 0.05) is 30.6 Å². The van der Waals surface area contributed by atoms with Crippen LogP contribution < -0.4 is 0 Å².